The molecule has 1 heterocycles. The number of carbonyl (C=O) groups excluding carboxylic acids is 1. The molecule has 2 aromatic rings. The van der Waals surface area contributed by atoms with Crippen molar-refractivity contribution in [2.75, 3.05) is 0 Å². The van der Waals surface area contributed by atoms with Crippen molar-refractivity contribution in [3.05, 3.63) is 36.0 Å². The molecule has 1 aromatic carbocycles. The maximum atomic E-state index is 12.1. The van der Waals surface area contributed by atoms with Crippen molar-refractivity contribution in [2.45, 2.75) is 32.7 Å². The summed E-state index contributed by atoms with van der Waals surface area (Å²) in [6.07, 6.45) is 4.44. The molecule has 0 fully saturated rings. The zero-order chi connectivity index (χ0) is 12.3. The number of hydrogen-bond acceptors (Lipinski definition) is 2. The van der Waals surface area contributed by atoms with E-state index in [1.54, 1.807) is 4.57 Å². The van der Waals surface area contributed by atoms with Crippen LogP contribution in [-0.4, -0.2) is 10.5 Å². The zero-order valence-electron chi connectivity index (χ0n) is 10.1. The Morgan fingerprint density at radius 2 is 2.12 bits per heavy atom. The standard InChI is InChI=1S/C14H18N2O/c1-2-3-8-14(17)16-10-11(9-15)12-6-4-5-7-13(12)16/h4-7,10H,2-3,8-9,15H2,1H3. The molecular weight excluding hydrogens is 212 g/mol. The molecule has 0 aliphatic heterocycles. The van der Waals surface area contributed by atoms with E-state index in [2.05, 4.69) is 6.92 Å². The number of para-hydroxylation sites is 1. The summed E-state index contributed by atoms with van der Waals surface area (Å²) in [7, 11) is 0. The van der Waals surface area contributed by atoms with Crippen LogP contribution in [0.3, 0.4) is 0 Å². The van der Waals surface area contributed by atoms with Crippen LogP contribution in [0.5, 0.6) is 0 Å². The lowest BCUT2D eigenvalue weighted by Gasteiger charge is -2.02. The van der Waals surface area contributed by atoms with E-state index >= 15 is 0 Å². The fourth-order valence-corrected chi connectivity index (χ4v) is 2.07. The number of fused-ring (bicyclic) bond motifs is 1. The third kappa shape index (κ3) is 2.24. The van der Waals surface area contributed by atoms with Crippen molar-refractivity contribution < 1.29 is 4.79 Å². The molecule has 0 unspecified atom stereocenters. The van der Waals surface area contributed by atoms with E-state index in [1.165, 1.54) is 0 Å². The molecule has 0 aliphatic rings. The molecule has 1 aromatic heterocycles. The molecule has 0 atom stereocenters. The normalized spacial score (nSPS) is 10.9. The Labute approximate surface area is 101 Å². The van der Waals surface area contributed by atoms with Gasteiger partial charge >= 0.3 is 0 Å². The number of unbranched alkanes of at least 4 members (excludes halogenated alkanes) is 1. The van der Waals surface area contributed by atoms with Gasteiger partial charge in [0.1, 0.15) is 0 Å². The smallest absolute Gasteiger partial charge is 0.231 e. The SMILES string of the molecule is CCCCC(=O)n1cc(CN)c2ccccc21. The average Bonchev–Trinajstić information content (AvgIpc) is 2.75. The topological polar surface area (TPSA) is 48.0 Å². The Morgan fingerprint density at radius 1 is 1.35 bits per heavy atom. The third-order valence-electron chi connectivity index (χ3n) is 3.03. The summed E-state index contributed by atoms with van der Waals surface area (Å²) in [5.74, 6) is 0.155. The van der Waals surface area contributed by atoms with Crippen molar-refractivity contribution >= 4 is 16.8 Å². The summed E-state index contributed by atoms with van der Waals surface area (Å²) in [6.45, 7) is 2.56. The van der Waals surface area contributed by atoms with Crippen LogP contribution in [0.15, 0.2) is 30.5 Å². The predicted molar refractivity (Wildman–Crippen MR) is 70.0 cm³/mol. The van der Waals surface area contributed by atoms with Gasteiger partial charge < -0.3 is 5.73 Å². The summed E-state index contributed by atoms with van der Waals surface area (Å²) in [5, 5.41) is 1.08. The van der Waals surface area contributed by atoms with Crippen LogP contribution < -0.4 is 5.73 Å². The van der Waals surface area contributed by atoms with Crippen molar-refractivity contribution in [1.82, 2.24) is 4.57 Å². The van der Waals surface area contributed by atoms with Crippen LogP contribution in [0.25, 0.3) is 10.9 Å². The molecule has 3 heteroatoms. The van der Waals surface area contributed by atoms with E-state index in [0.717, 1.165) is 29.3 Å². The van der Waals surface area contributed by atoms with Crippen LogP contribution in [0.2, 0.25) is 0 Å². The van der Waals surface area contributed by atoms with E-state index in [9.17, 15) is 4.79 Å². The minimum atomic E-state index is 0.155. The van der Waals surface area contributed by atoms with Gasteiger partial charge in [-0.1, -0.05) is 31.5 Å². The van der Waals surface area contributed by atoms with E-state index in [1.807, 2.05) is 30.5 Å². The van der Waals surface area contributed by atoms with Gasteiger partial charge in [0.05, 0.1) is 5.52 Å². The van der Waals surface area contributed by atoms with Gasteiger partial charge in [0.25, 0.3) is 0 Å². The molecule has 0 aliphatic carbocycles. The number of rotatable bonds is 4. The maximum absolute atomic E-state index is 12.1. The first-order valence-electron chi connectivity index (χ1n) is 6.10. The monoisotopic (exact) mass is 230 g/mol. The lowest BCUT2D eigenvalue weighted by Crippen LogP contribution is -2.08. The fourth-order valence-electron chi connectivity index (χ4n) is 2.07. The highest BCUT2D eigenvalue weighted by atomic mass is 16.2. The van der Waals surface area contributed by atoms with E-state index in [4.69, 9.17) is 5.73 Å². The summed E-state index contributed by atoms with van der Waals surface area (Å²) >= 11 is 0. The molecule has 0 amide bonds. The van der Waals surface area contributed by atoms with Crippen LogP contribution in [0.4, 0.5) is 0 Å². The molecule has 0 radical (unpaired) electrons. The average molecular weight is 230 g/mol. The molecule has 0 saturated carbocycles. The number of carbonyl (C=O) groups is 1. The molecule has 3 nitrogen and oxygen atoms in total. The van der Waals surface area contributed by atoms with Crippen molar-refractivity contribution in [2.24, 2.45) is 5.73 Å². The first-order chi connectivity index (χ1) is 8.27. The zero-order valence-corrected chi connectivity index (χ0v) is 10.1. The first-order valence-corrected chi connectivity index (χ1v) is 6.10. The molecule has 2 N–H and O–H groups in total. The third-order valence-corrected chi connectivity index (χ3v) is 3.03. The lowest BCUT2D eigenvalue weighted by atomic mass is 10.2. The van der Waals surface area contributed by atoms with Gasteiger partial charge in [-0.2, -0.15) is 0 Å². The summed E-state index contributed by atoms with van der Waals surface area (Å²) in [5.41, 5.74) is 7.70. The van der Waals surface area contributed by atoms with Gasteiger partial charge in [0.2, 0.25) is 5.91 Å². The van der Waals surface area contributed by atoms with Gasteiger partial charge in [-0.15, -0.1) is 0 Å². The molecule has 17 heavy (non-hydrogen) atoms. The Balaban J connectivity index is 2.43. The molecule has 90 valence electrons. The van der Waals surface area contributed by atoms with Gasteiger partial charge in [0, 0.05) is 24.5 Å². The second kappa shape index (κ2) is 5.15. The Hall–Kier alpha value is -1.61. The Bertz CT molecular complexity index is 528. The Kier molecular flexibility index (Phi) is 3.59. The van der Waals surface area contributed by atoms with Crippen LogP contribution in [-0.2, 0) is 6.54 Å². The van der Waals surface area contributed by atoms with E-state index < -0.39 is 0 Å². The summed E-state index contributed by atoms with van der Waals surface area (Å²) < 4.78 is 1.74. The molecule has 0 saturated heterocycles. The second-order valence-corrected chi connectivity index (χ2v) is 4.24. The van der Waals surface area contributed by atoms with Gasteiger partial charge in [0.15, 0.2) is 0 Å². The van der Waals surface area contributed by atoms with E-state index in [0.29, 0.717) is 13.0 Å². The van der Waals surface area contributed by atoms with Crippen molar-refractivity contribution in [3.63, 3.8) is 0 Å². The van der Waals surface area contributed by atoms with Crippen molar-refractivity contribution in [1.29, 1.82) is 0 Å². The first kappa shape index (κ1) is 11.9. The largest absolute Gasteiger partial charge is 0.326 e. The number of benzene rings is 1. The van der Waals surface area contributed by atoms with Crippen molar-refractivity contribution in [3.8, 4) is 0 Å². The van der Waals surface area contributed by atoms with Crippen LogP contribution in [0, 0.1) is 0 Å². The lowest BCUT2D eigenvalue weighted by molar-refractivity contribution is 0.0905. The summed E-state index contributed by atoms with van der Waals surface area (Å²) in [4.78, 5) is 12.1. The highest BCUT2D eigenvalue weighted by Crippen LogP contribution is 2.21. The maximum Gasteiger partial charge on any atom is 0.231 e. The van der Waals surface area contributed by atoms with E-state index in [-0.39, 0.29) is 5.91 Å². The van der Waals surface area contributed by atoms with Gasteiger partial charge in [-0.25, -0.2) is 0 Å². The van der Waals surface area contributed by atoms with Crippen LogP contribution in [0.1, 0.15) is 36.5 Å². The second-order valence-electron chi connectivity index (χ2n) is 4.24. The molecule has 2 rings (SSSR count). The Morgan fingerprint density at radius 3 is 2.82 bits per heavy atom. The molecule has 0 bridgehead atoms. The highest BCUT2D eigenvalue weighted by Gasteiger charge is 2.11. The minimum absolute atomic E-state index is 0.155. The van der Waals surface area contributed by atoms with Gasteiger partial charge in [-0.3, -0.25) is 9.36 Å². The summed E-state index contributed by atoms with van der Waals surface area (Å²) in [6, 6.07) is 7.91. The molecule has 0 spiro atoms. The quantitative estimate of drug-likeness (QED) is 0.877. The molecular formula is C14H18N2O. The highest BCUT2D eigenvalue weighted by molar-refractivity contribution is 5.94. The number of aromatic nitrogens is 1. The number of nitrogens with two attached hydrogens (primary N) is 1. The number of nitrogens with zero attached hydrogens (tertiary/aromatic N) is 1. The van der Waals surface area contributed by atoms with Crippen LogP contribution >= 0.6 is 0 Å². The fraction of sp³-hybridized carbons (Fsp3) is 0.357. The minimum Gasteiger partial charge on any atom is -0.326 e. The number of hydrogen-bond donors (Lipinski definition) is 1. The predicted octanol–water partition coefficient (Wildman–Crippen LogP) is 2.93. The van der Waals surface area contributed by atoms with Gasteiger partial charge in [-0.05, 0) is 18.1 Å².